The van der Waals surface area contributed by atoms with Gasteiger partial charge in [0, 0.05) is 24.5 Å². The lowest BCUT2D eigenvalue weighted by molar-refractivity contribution is -0.0499. The fraction of sp³-hybridized carbons (Fsp3) is 0.583. The van der Waals surface area contributed by atoms with Crippen LogP contribution >= 0.6 is 23.7 Å². The topological polar surface area (TPSA) is 41.6 Å². The minimum absolute atomic E-state index is 0. The Balaban J connectivity index is 0.00000200. The predicted octanol–water partition coefficient (Wildman–Crippen LogP) is 2.51. The van der Waals surface area contributed by atoms with Crippen molar-refractivity contribution in [2.45, 2.75) is 26.0 Å². The van der Waals surface area contributed by atoms with Gasteiger partial charge in [-0.15, -0.1) is 23.7 Å². The molecule has 1 aliphatic rings. The zero-order valence-electron chi connectivity index (χ0n) is 11.2. The Hall–Kier alpha value is -0.920. The van der Waals surface area contributed by atoms with Crippen molar-refractivity contribution >= 4 is 29.7 Å². The van der Waals surface area contributed by atoms with Gasteiger partial charge < -0.3 is 15.0 Å². The number of hydrogen-bond donors (Lipinski definition) is 1. The van der Waals surface area contributed by atoms with Gasteiger partial charge in [0.2, 0.25) is 0 Å². The van der Waals surface area contributed by atoms with E-state index in [0.717, 1.165) is 24.4 Å². The van der Waals surface area contributed by atoms with Gasteiger partial charge in [-0.25, -0.2) is 0 Å². The number of thiophene rings is 1. The number of likely N-dealkylation sites (N-methyl/N-ethyl adjacent to an activating group) is 1. The highest BCUT2D eigenvalue weighted by Crippen LogP contribution is 2.31. The number of alkyl halides is 2. The number of amides is 1. The van der Waals surface area contributed by atoms with Crippen LogP contribution in [-0.2, 0) is 0 Å². The van der Waals surface area contributed by atoms with E-state index in [1.165, 1.54) is 17.4 Å². The molecular formula is C12H17ClF2N2O2S. The number of carbonyl (C=O) groups excluding carboxylic acids is 1. The zero-order valence-corrected chi connectivity index (χ0v) is 12.8. The standard InChI is InChI=1S/C12H16F2N2O2S.ClH/c1-7-5-9(18-12(13)14)10(19-7)11(17)16(2)8-3-4-15-6-8;/h5,8,12,15H,3-4,6H2,1-2H3;1H. The number of ether oxygens (including phenoxy) is 1. The van der Waals surface area contributed by atoms with E-state index in [1.807, 2.05) is 0 Å². The minimum Gasteiger partial charge on any atom is -0.433 e. The van der Waals surface area contributed by atoms with Crippen molar-refractivity contribution in [3.05, 3.63) is 15.8 Å². The molecule has 4 nitrogen and oxygen atoms in total. The van der Waals surface area contributed by atoms with Gasteiger partial charge in [0.15, 0.2) is 0 Å². The third-order valence-corrected chi connectivity index (χ3v) is 4.15. The number of nitrogens with one attached hydrogen (secondary N) is 1. The van der Waals surface area contributed by atoms with Crippen molar-refractivity contribution in [2.24, 2.45) is 0 Å². The van der Waals surface area contributed by atoms with Crippen LogP contribution in [0.4, 0.5) is 8.78 Å². The fourth-order valence-corrected chi connectivity index (χ4v) is 3.05. The van der Waals surface area contributed by atoms with Crippen LogP contribution in [0.2, 0.25) is 0 Å². The average Bonchev–Trinajstić information content (AvgIpc) is 2.96. The highest BCUT2D eigenvalue weighted by molar-refractivity contribution is 7.14. The first-order valence-electron chi connectivity index (χ1n) is 6.02. The summed E-state index contributed by atoms with van der Waals surface area (Å²) in [6.45, 7) is 0.444. The van der Waals surface area contributed by atoms with E-state index in [1.54, 1.807) is 18.9 Å². The van der Waals surface area contributed by atoms with E-state index in [2.05, 4.69) is 10.1 Å². The Bertz CT molecular complexity index is 464. The second kappa shape index (κ2) is 7.19. The van der Waals surface area contributed by atoms with Crippen LogP contribution in [0.5, 0.6) is 5.75 Å². The quantitative estimate of drug-likeness (QED) is 0.924. The van der Waals surface area contributed by atoms with Crippen molar-refractivity contribution in [3.63, 3.8) is 0 Å². The Morgan fingerprint density at radius 1 is 1.60 bits per heavy atom. The second-order valence-electron chi connectivity index (χ2n) is 4.49. The van der Waals surface area contributed by atoms with Crippen molar-refractivity contribution in [1.29, 1.82) is 0 Å². The van der Waals surface area contributed by atoms with Crippen molar-refractivity contribution in [3.8, 4) is 5.75 Å². The first kappa shape index (κ1) is 17.1. The Kier molecular flexibility index (Phi) is 6.16. The molecule has 1 amide bonds. The number of aryl methyl sites for hydroxylation is 1. The summed E-state index contributed by atoms with van der Waals surface area (Å²) in [5.41, 5.74) is 0. The molecule has 0 saturated carbocycles. The molecule has 20 heavy (non-hydrogen) atoms. The molecule has 1 N–H and O–H groups in total. The normalized spacial score (nSPS) is 17.9. The van der Waals surface area contributed by atoms with Gasteiger partial charge in [-0.05, 0) is 26.0 Å². The van der Waals surface area contributed by atoms with Gasteiger partial charge in [-0.3, -0.25) is 4.79 Å². The molecule has 0 aliphatic carbocycles. The molecule has 1 fully saturated rings. The maximum absolute atomic E-state index is 12.3. The molecule has 0 bridgehead atoms. The van der Waals surface area contributed by atoms with Crippen molar-refractivity contribution < 1.29 is 18.3 Å². The predicted molar refractivity (Wildman–Crippen MR) is 76.3 cm³/mol. The van der Waals surface area contributed by atoms with E-state index in [-0.39, 0.29) is 35.0 Å². The average molecular weight is 327 g/mol. The van der Waals surface area contributed by atoms with Gasteiger partial charge in [0.25, 0.3) is 5.91 Å². The number of nitrogens with zero attached hydrogens (tertiary/aromatic N) is 1. The van der Waals surface area contributed by atoms with Crippen LogP contribution in [-0.4, -0.2) is 43.6 Å². The van der Waals surface area contributed by atoms with Crippen LogP contribution in [0.15, 0.2) is 6.07 Å². The molecule has 0 aromatic carbocycles. The molecule has 2 heterocycles. The lowest BCUT2D eigenvalue weighted by atomic mass is 10.2. The monoisotopic (exact) mass is 326 g/mol. The minimum atomic E-state index is -2.92. The summed E-state index contributed by atoms with van der Waals surface area (Å²) < 4.78 is 29.1. The third-order valence-electron chi connectivity index (χ3n) is 3.13. The lowest BCUT2D eigenvalue weighted by Gasteiger charge is -2.23. The number of halogens is 3. The SMILES string of the molecule is Cc1cc(OC(F)F)c(C(=O)N(C)C2CCNC2)s1.Cl. The highest BCUT2D eigenvalue weighted by atomic mass is 35.5. The molecule has 0 spiro atoms. The van der Waals surface area contributed by atoms with Crippen LogP contribution in [0.3, 0.4) is 0 Å². The third kappa shape index (κ3) is 3.80. The van der Waals surface area contributed by atoms with Crippen LogP contribution in [0, 0.1) is 6.92 Å². The van der Waals surface area contributed by atoms with E-state index in [4.69, 9.17) is 0 Å². The van der Waals surface area contributed by atoms with E-state index < -0.39 is 6.61 Å². The number of rotatable bonds is 4. The Labute approximate surface area is 126 Å². The molecule has 2 rings (SSSR count). The summed E-state index contributed by atoms with van der Waals surface area (Å²) >= 11 is 1.18. The number of carbonyl (C=O) groups is 1. The van der Waals surface area contributed by atoms with Crippen molar-refractivity contribution in [2.75, 3.05) is 20.1 Å². The summed E-state index contributed by atoms with van der Waals surface area (Å²) in [4.78, 5) is 14.9. The fourth-order valence-electron chi connectivity index (χ4n) is 2.12. The van der Waals surface area contributed by atoms with Gasteiger partial charge in [-0.2, -0.15) is 8.78 Å². The molecule has 1 aliphatic heterocycles. The molecular weight excluding hydrogens is 310 g/mol. The summed E-state index contributed by atoms with van der Waals surface area (Å²) in [5, 5.41) is 3.17. The van der Waals surface area contributed by atoms with Gasteiger partial charge >= 0.3 is 6.61 Å². The van der Waals surface area contributed by atoms with Crippen LogP contribution < -0.4 is 10.1 Å². The summed E-state index contributed by atoms with van der Waals surface area (Å²) in [6, 6.07) is 1.58. The molecule has 8 heteroatoms. The molecule has 0 radical (unpaired) electrons. The molecule has 1 unspecified atom stereocenters. The van der Waals surface area contributed by atoms with Crippen molar-refractivity contribution in [1.82, 2.24) is 10.2 Å². The Morgan fingerprint density at radius 3 is 2.85 bits per heavy atom. The summed E-state index contributed by atoms with van der Waals surface area (Å²) in [6.07, 6.45) is 0.873. The van der Waals surface area contributed by atoms with E-state index in [0.29, 0.717) is 0 Å². The zero-order chi connectivity index (χ0) is 14.0. The van der Waals surface area contributed by atoms with Crippen LogP contribution in [0.1, 0.15) is 21.0 Å². The maximum Gasteiger partial charge on any atom is 0.387 e. The largest absolute Gasteiger partial charge is 0.433 e. The summed E-state index contributed by atoms with van der Waals surface area (Å²) in [7, 11) is 1.70. The molecule has 1 saturated heterocycles. The van der Waals surface area contributed by atoms with Gasteiger partial charge in [-0.1, -0.05) is 0 Å². The molecule has 1 aromatic heterocycles. The smallest absolute Gasteiger partial charge is 0.387 e. The molecule has 114 valence electrons. The van der Waals surface area contributed by atoms with Gasteiger partial charge in [0.1, 0.15) is 10.6 Å². The molecule has 1 aromatic rings. The highest BCUT2D eigenvalue weighted by Gasteiger charge is 2.28. The van der Waals surface area contributed by atoms with Crippen LogP contribution in [0.25, 0.3) is 0 Å². The summed E-state index contributed by atoms with van der Waals surface area (Å²) in [5.74, 6) is -0.289. The first-order valence-corrected chi connectivity index (χ1v) is 6.84. The van der Waals surface area contributed by atoms with E-state index >= 15 is 0 Å². The van der Waals surface area contributed by atoms with E-state index in [9.17, 15) is 13.6 Å². The second-order valence-corrected chi connectivity index (χ2v) is 5.75. The first-order chi connectivity index (χ1) is 8.99. The number of hydrogen-bond acceptors (Lipinski definition) is 4. The van der Waals surface area contributed by atoms with Gasteiger partial charge in [0.05, 0.1) is 0 Å². The molecule has 1 atom stereocenters. The lowest BCUT2D eigenvalue weighted by Crippen LogP contribution is -2.38. The Morgan fingerprint density at radius 2 is 2.30 bits per heavy atom. The maximum atomic E-state index is 12.3.